The summed E-state index contributed by atoms with van der Waals surface area (Å²) in [6, 6.07) is 27.6. The molecule has 0 spiro atoms. The maximum Gasteiger partial charge on any atom is 0.315 e. The molecule has 0 aromatic heterocycles. The topological polar surface area (TPSA) is 105 Å². The van der Waals surface area contributed by atoms with Crippen LogP contribution in [-0.2, 0) is 19.7 Å². The number of ether oxygens (including phenoxy) is 1. The van der Waals surface area contributed by atoms with Crippen LogP contribution < -0.4 is 0 Å². The molecule has 9 heteroatoms. The molecule has 0 N–H and O–H groups in total. The van der Waals surface area contributed by atoms with Gasteiger partial charge >= 0.3 is 5.97 Å². The second kappa shape index (κ2) is 14.0. The summed E-state index contributed by atoms with van der Waals surface area (Å²) in [6.07, 6.45) is 3.53. The van der Waals surface area contributed by atoms with Crippen LogP contribution in [0.25, 0.3) is 0 Å². The number of allylic oxidation sites excluding steroid dienone is 2. The fourth-order valence-electron chi connectivity index (χ4n) is 7.10. The Kier molecular flexibility index (Phi) is 9.88. The molecule has 3 aromatic rings. The standard InChI is InChI=1S/C36H40N4O5/c1-26-32(35(42)45-3)33(28-15-17-31(18-16-28)40(43)44)34(27(2)37-26)39(25-41)22-10-21-38-23-19-36(20-24-38,29-11-6-4-7-12-29)30-13-8-5-9-14-30/h4-9,11-18,25,32-33H,10,19-24H2,1-3H3. The van der Waals surface area contributed by atoms with E-state index in [1.54, 1.807) is 24.0 Å². The zero-order chi connectivity index (χ0) is 32.0. The van der Waals surface area contributed by atoms with Crippen molar-refractivity contribution in [2.75, 3.05) is 33.3 Å². The van der Waals surface area contributed by atoms with E-state index >= 15 is 0 Å². The van der Waals surface area contributed by atoms with Crippen molar-refractivity contribution in [3.8, 4) is 0 Å². The third-order valence-electron chi connectivity index (χ3n) is 9.38. The fraction of sp³-hybridized carbons (Fsp3) is 0.361. The van der Waals surface area contributed by atoms with E-state index in [4.69, 9.17) is 4.74 Å². The number of esters is 1. The minimum atomic E-state index is -0.760. The number of nitro groups is 1. The predicted molar refractivity (Wildman–Crippen MR) is 174 cm³/mol. The van der Waals surface area contributed by atoms with Gasteiger partial charge in [0.05, 0.1) is 23.4 Å². The third-order valence-corrected chi connectivity index (χ3v) is 9.38. The molecule has 45 heavy (non-hydrogen) atoms. The van der Waals surface area contributed by atoms with Crippen LogP contribution in [0.5, 0.6) is 0 Å². The molecule has 2 aliphatic rings. The molecule has 234 valence electrons. The smallest absolute Gasteiger partial charge is 0.315 e. The van der Waals surface area contributed by atoms with Gasteiger partial charge in [-0.25, -0.2) is 0 Å². The zero-order valence-corrected chi connectivity index (χ0v) is 26.1. The molecular formula is C36H40N4O5. The number of methoxy groups -OCH3 is 1. The SMILES string of the molecule is COC(=O)C1C(C)=NC(C)=C(N(C=O)CCCN2CCC(c3ccccc3)(c3ccccc3)CC2)C1c1ccc([N+](=O)[O-])cc1. The molecule has 1 saturated heterocycles. The van der Waals surface area contributed by atoms with Crippen molar-refractivity contribution in [3.05, 3.63) is 123 Å². The Bertz CT molecular complexity index is 1520. The van der Waals surface area contributed by atoms with Crippen LogP contribution in [0.15, 0.2) is 101 Å². The number of amides is 1. The summed E-state index contributed by atoms with van der Waals surface area (Å²) >= 11 is 0. The second-order valence-corrected chi connectivity index (χ2v) is 11.9. The molecule has 3 aromatic carbocycles. The van der Waals surface area contributed by atoms with E-state index in [1.165, 1.54) is 30.4 Å². The molecule has 0 radical (unpaired) electrons. The minimum absolute atomic E-state index is 0.0331. The van der Waals surface area contributed by atoms with Crippen LogP contribution >= 0.6 is 0 Å². The quantitative estimate of drug-likeness (QED) is 0.113. The lowest BCUT2D eigenvalue weighted by molar-refractivity contribution is -0.384. The molecule has 1 amide bonds. The van der Waals surface area contributed by atoms with Crippen molar-refractivity contribution in [1.29, 1.82) is 0 Å². The van der Waals surface area contributed by atoms with Gasteiger partial charge in [-0.05, 0) is 69.4 Å². The Balaban J connectivity index is 1.32. The van der Waals surface area contributed by atoms with Crippen molar-refractivity contribution in [2.45, 2.75) is 44.4 Å². The van der Waals surface area contributed by atoms with Crippen molar-refractivity contribution in [3.63, 3.8) is 0 Å². The Labute approximate surface area is 264 Å². The number of rotatable bonds is 11. The molecule has 0 saturated carbocycles. The van der Waals surface area contributed by atoms with E-state index in [0.29, 0.717) is 29.2 Å². The summed E-state index contributed by atoms with van der Waals surface area (Å²) in [5.74, 6) is -1.80. The van der Waals surface area contributed by atoms with E-state index in [-0.39, 0.29) is 11.1 Å². The molecule has 2 atom stereocenters. The molecule has 2 unspecified atom stereocenters. The largest absolute Gasteiger partial charge is 0.468 e. The number of non-ortho nitro benzene ring substituents is 1. The predicted octanol–water partition coefficient (Wildman–Crippen LogP) is 6.10. The average Bonchev–Trinajstić information content (AvgIpc) is 3.07. The van der Waals surface area contributed by atoms with Crippen LogP contribution in [0.3, 0.4) is 0 Å². The molecule has 9 nitrogen and oxygen atoms in total. The van der Waals surface area contributed by atoms with Gasteiger partial charge in [0.1, 0.15) is 5.92 Å². The van der Waals surface area contributed by atoms with E-state index < -0.39 is 22.7 Å². The molecular weight excluding hydrogens is 568 g/mol. The van der Waals surface area contributed by atoms with E-state index in [2.05, 4.69) is 70.6 Å². The first kappa shape index (κ1) is 31.8. The first-order chi connectivity index (χ1) is 21.8. The van der Waals surface area contributed by atoms with Gasteiger partial charge in [-0.3, -0.25) is 24.7 Å². The number of nitrogens with zero attached hydrogens (tertiary/aromatic N) is 4. The van der Waals surface area contributed by atoms with Gasteiger partial charge in [-0.1, -0.05) is 72.8 Å². The van der Waals surface area contributed by atoms with Crippen molar-refractivity contribution < 1.29 is 19.2 Å². The second-order valence-electron chi connectivity index (χ2n) is 11.9. The van der Waals surface area contributed by atoms with E-state index in [0.717, 1.165) is 45.3 Å². The molecule has 1 fully saturated rings. The number of nitro benzene ring substituents is 1. The molecule has 0 aliphatic carbocycles. The van der Waals surface area contributed by atoms with Crippen LogP contribution in [-0.4, -0.2) is 66.1 Å². The van der Waals surface area contributed by atoms with Gasteiger partial charge in [0.2, 0.25) is 6.41 Å². The number of hydrogen-bond acceptors (Lipinski definition) is 7. The lowest BCUT2D eigenvalue weighted by Gasteiger charge is -2.43. The maximum atomic E-state index is 13.0. The molecule has 0 bridgehead atoms. The Morgan fingerprint density at radius 3 is 2.09 bits per heavy atom. The number of likely N-dealkylation sites (tertiary alicyclic amines) is 1. The zero-order valence-electron chi connectivity index (χ0n) is 26.1. The van der Waals surface area contributed by atoms with Crippen LogP contribution in [0.1, 0.15) is 55.7 Å². The summed E-state index contributed by atoms with van der Waals surface area (Å²) in [6.45, 7) is 6.74. The van der Waals surface area contributed by atoms with Crippen LogP contribution in [0.4, 0.5) is 5.69 Å². The van der Waals surface area contributed by atoms with E-state index in [1.807, 2.05) is 6.92 Å². The van der Waals surface area contributed by atoms with Gasteiger partial charge in [-0.2, -0.15) is 0 Å². The lowest BCUT2D eigenvalue weighted by Crippen LogP contribution is -2.44. The van der Waals surface area contributed by atoms with Gasteiger partial charge in [0.15, 0.2) is 0 Å². The lowest BCUT2D eigenvalue weighted by atomic mass is 9.68. The monoisotopic (exact) mass is 608 g/mol. The highest BCUT2D eigenvalue weighted by Crippen LogP contribution is 2.43. The normalized spacial score (nSPS) is 19.8. The summed E-state index contributed by atoms with van der Waals surface area (Å²) < 4.78 is 5.15. The molecule has 5 rings (SSSR count). The van der Waals surface area contributed by atoms with Gasteiger partial charge in [-0.15, -0.1) is 0 Å². The first-order valence-corrected chi connectivity index (χ1v) is 15.4. The average molecular weight is 609 g/mol. The first-order valence-electron chi connectivity index (χ1n) is 15.4. The number of carbonyl (C=O) groups is 2. The van der Waals surface area contributed by atoms with Gasteiger partial charge in [0, 0.05) is 35.7 Å². The van der Waals surface area contributed by atoms with Crippen molar-refractivity contribution in [1.82, 2.24) is 9.80 Å². The molecule has 2 heterocycles. The highest BCUT2D eigenvalue weighted by Gasteiger charge is 2.41. The maximum absolute atomic E-state index is 13.0. The summed E-state index contributed by atoms with van der Waals surface area (Å²) in [5, 5.41) is 11.3. The Morgan fingerprint density at radius 2 is 1.58 bits per heavy atom. The Morgan fingerprint density at radius 1 is 1.00 bits per heavy atom. The molecule has 2 aliphatic heterocycles. The highest BCUT2D eigenvalue weighted by atomic mass is 16.6. The number of benzene rings is 3. The third kappa shape index (κ3) is 6.59. The van der Waals surface area contributed by atoms with Crippen molar-refractivity contribution in [2.24, 2.45) is 10.9 Å². The fourth-order valence-corrected chi connectivity index (χ4v) is 7.10. The minimum Gasteiger partial charge on any atom is -0.468 e. The van der Waals surface area contributed by atoms with Crippen molar-refractivity contribution >= 4 is 23.8 Å². The van der Waals surface area contributed by atoms with Gasteiger partial charge in [0.25, 0.3) is 5.69 Å². The number of aliphatic imine (C=N–C) groups is 1. The highest BCUT2D eigenvalue weighted by molar-refractivity contribution is 6.03. The Hall–Kier alpha value is -4.63. The van der Waals surface area contributed by atoms with Crippen LogP contribution in [0, 0.1) is 16.0 Å². The summed E-state index contributed by atoms with van der Waals surface area (Å²) in [4.78, 5) is 45.2. The number of piperidine rings is 1. The summed E-state index contributed by atoms with van der Waals surface area (Å²) in [5.41, 5.74) is 5.11. The van der Waals surface area contributed by atoms with Gasteiger partial charge < -0.3 is 14.5 Å². The van der Waals surface area contributed by atoms with E-state index in [9.17, 15) is 19.7 Å². The number of carbonyl (C=O) groups excluding carboxylic acids is 2. The summed E-state index contributed by atoms with van der Waals surface area (Å²) in [7, 11) is 1.33. The van der Waals surface area contributed by atoms with Crippen LogP contribution in [0.2, 0.25) is 0 Å². The number of hydrogen-bond donors (Lipinski definition) is 0.